The summed E-state index contributed by atoms with van der Waals surface area (Å²) in [6.07, 6.45) is 6.78. The lowest BCUT2D eigenvalue weighted by Crippen LogP contribution is -2.43. The summed E-state index contributed by atoms with van der Waals surface area (Å²) >= 11 is 2.15. The van der Waals surface area contributed by atoms with Gasteiger partial charge in [-0.2, -0.15) is 0 Å². The number of halogens is 1. The minimum atomic E-state index is 0.834. The summed E-state index contributed by atoms with van der Waals surface area (Å²) in [5, 5.41) is 0. The smallest absolute Gasteiger partial charge is 0.0205 e. The van der Waals surface area contributed by atoms with Gasteiger partial charge in [0.2, 0.25) is 0 Å². The van der Waals surface area contributed by atoms with Crippen LogP contribution in [0.1, 0.15) is 43.2 Å². The Morgan fingerprint density at radius 3 is 2.04 bits per heavy atom. The molecule has 0 amide bonds. The Kier molecular flexibility index (Phi) is 7.12. The van der Waals surface area contributed by atoms with Gasteiger partial charge < -0.3 is 0 Å². The Hall–Kier alpha value is -1.13. The molecule has 2 aromatic carbocycles. The Labute approximate surface area is 166 Å². The van der Waals surface area contributed by atoms with Crippen LogP contribution in [-0.2, 0) is 0 Å². The van der Waals surface area contributed by atoms with Crippen molar-refractivity contribution in [3.63, 3.8) is 0 Å². The fraction of sp³-hybridized carbons (Fsp3) is 0.391. The average molecular weight is 445 g/mol. The Balaban J connectivity index is 0.000000880. The minimum Gasteiger partial charge on any atom is -0.296 e. The van der Waals surface area contributed by atoms with Gasteiger partial charge in [0.05, 0.1) is 0 Å². The number of rotatable bonds is 2. The van der Waals surface area contributed by atoms with Crippen LogP contribution in [0.25, 0.3) is 5.57 Å². The van der Waals surface area contributed by atoms with Crippen molar-refractivity contribution in [3.8, 4) is 0 Å². The molecule has 2 aliphatic heterocycles. The second kappa shape index (κ2) is 9.54. The maximum Gasteiger partial charge on any atom is 0.0205 e. The van der Waals surface area contributed by atoms with Crippen LogP contribution < -0.4 is 0 Å². The quantitative estimate of drug-likeness (QED) is 0.394. The zero-order chi connectivity index (χ0) is 17.5. The maximum atomic E-state index is 2.73. The molecule has 2 fully saturated rings. The molecule has 0 radical (unpaired) electrons. The molecule has 1 atom stereocenters. The van der Waals surface area contributed by atoms with Gasteiger partial charge in [-0.25, -0.2) is 0 Å². The van der Waals surface area contributed by atoms with E-state index in [2.05, 4.69) is 88.2 Å². The molecular formula is C23H28IN. The maximum absolute atomic E-state index is 2.73. The highest BCUT2D eigenvalue weighted by molar-refractivity contribution is 14.1. The first-order chi connectivity index (χ1) is 12.4. The molecule has 0 N–H and O–H groups in total. The van der Waals surface area contributed by atoms with Crippen LogP contribution in [0.4, 0.5) is 0 Å². The van der Waals surface area contributed by atoms with E-state index in [4.69, 9.17) is 0 Å². The van der Waals surface area contributed by atoms with E-state index in [0.717, 1.165) is 12.6 Å². The summed E-state index contributed by atoms with van der Waals surface area (Å²) in [7, 11) is 0. The lowest BCUT2D eigenvalue weighted by atomic mass is 9.85. The Bertz CT molecular complexity index is 636. The second-order valence-electron chi connectivity index (χ2n) is 6.87. The highest BCUT2D eigenvalue weighted by Gasteiger charge is 2.28. The van der Waals surface area contributed by atoms with Crippen LogP contribution in [0.2, 0.25) is 0 Å². The largest absolute Gasteiger partial charge is 0.296 e. The first-order valence-corrected chi connectivity index (χ1v) is 11.5. The summed E-state index contributed by atoms with van der Waals surface area (Å²) in [5.41, 5.74) is 5.82. The zero-order valence-electron chi connectivity index (χ0n) is 15.1. The van der Waals surface area contributed by atoms with Crippen molar-refractivity contribution >= 4 is 28.2 Å². The SMILES string of the molecule is CI.c1ccc(C(=C2CCC3CCCCN3C2)c2ccccc2)cc1. The Morgan fingerprint density at radius 1 is 0.840 bits per heavy atom. The molecule has 0 saturated carbocycles. The lowest BCUT2D eigenvalue weighted by molar-refractivity contribution is 0.133. The third kappa shape index (κ3) is 4.53. The Morgan fingerprint density at radius 2 is 1.44 bits per heavy atom. The van der Waals surface area contributed by atoms with Crippen LogP contribution in [-0.4, -0.2) is 29.0 Å². The summed E-state index contributed by atoms with van der Waals surface area (Å²) in [6.45, 7) is 2.44. The summed E-state index contributed by atoms with van der Waals surface area (Å²) in [5.74, 6) is 0. The van der Waals surface area contributed by atoms with E-state index < -0.39 is 0 Å². The number of nitrogens with zero attached hydrogens (tertiary/aromatic N) is 1. The fourth-order valence-corrected chi connectivity index (χ4v) is 4.25. The number of benzene rings is 2. The van der Waals surface area contributed by atoms with Gasteiger partial charge in [-0.15, -0.1) is 0 Å². The van der Waals surface area contributed by atoms with Crippen molar-refractivity contribution in [2.45, 2.75) is 38.1 Å². The van der Waals surface area contributed by atoms with Crippen LogP contribution in [0.5, 0.6) is 0 Å². The average Bonchev–Trinajstić information content (AvgIpc) is 2.71. The highest BCUT2D eigenvalue weighted by atomic mass is 127. The van der Waals surface area contributed by atoms with Gasteiger partial charge in [-0.1, -0.05) is 89.7 Å². The standard InChI is InChI=1S/C22H25N.CH3I/c1-3-9-18(10-4-1)22(19-11-5-2-6-12-19)20-14-15-21-13-7-8-16-23(21)17-20;1-2/h1-6,9-12,21H,7-8,13-17H2;1H3. The second-order valence-corrected chi connectivity index (χ2v) is 6.87. The molecule has 2 heteroatoms. The fourth-order valence-electron chi connectivity index (χ4n) is 4.25. The van der Waals surface area contributed by atoms with Gasteiger partial charge in [0, 0.05) is 12.6 Å². The number of hydrogen-bond donors (Lipinski definition) is 0. The lowest BCUT2D eigenvalue weighted by Gasteiger charge is -2.41. The van der Waals surface area contributed by atoms with E-state index in [9.17, 15) is 0 Å². The van der Waals surface area contributed by atoms with Gasteiger partial charge in [0.15, 0.2) is 0 Å². The van der Waals surface area contributed by atoms with Gasteiger partial charge in [-0.3, -0.25) is 4.90 Å². The predicted molar refractivity (Wildman–Crippen MR) is 117 cm³/mol. The first kappa shape index (κ1) is 18.7. The third-order valence-electron chi connectivity index (χ3n) is 5.40. The van der Waals surface area contributed by atoms with E-state index in [1.54, 1.807) is 5.57 Å². The number of alkyl halides is 1. The van der Waals surface area contributed by atoms with Crippen molar-refractivity contribution in [1.82, 2.24) is 4.90 Å². The van der Waals surface area contributed by atoms with Crippen molar-refractivity contribution in [2.75, 3.05) is 18.0 Å². The molecule has 132 valence electrons. The van der Waals surface area contributed by atoms with Gasteiger partial charge in [-0.05, 0) is 59.4 Å². The van der Waals surface area contributed by atoms with Gasteiger partial charge >= 0.3 is 0 Å². The molecule has 2 aliphatic rings. The summed E-state index contributed by atoms with van der Waals surface area (Å²) < 4.78 is 0. The van der Waals surface area contributed by atoms with E-state index in [1.807, 2.05) is 4.93 Å². The minimum absolute atomic E-state index is 0.834. The van der Waals surface area contributed by atoms with E-state index in [1.165, 1.54) is 55.3 Å². The van der Waals surface area contributed by atoms with Crippen molar-refractivity contribution in [1.29, 1.82) is 0 Å². The van der Waals surface area contributed by atoms with Gasteiger partial charge in [0.25, 0.3) is 0 Å². The molecule has 0 spiro atoms. The van der Waals surface area contributed by atoms with Crippen molar-refractivity contribution < 1.29 is 0 Å². The molecule has 1 unspecified atom stereocenters. The number of fused-ring (bicyclic) bond motifs is 1. The topological polar surface area (TPSA) is 3.24 Å². The molecular weight excluding hydrogens is 417 g/mol. The monoisotopic (exact) mass is 445 g/mol. The molecule has 4 rings (SSSR count). The predicted octanol–water partition coefficient (Wildman–Crippen LogP) is 6.19. The van der Waals surface area contributed by atoms with E-state index in [-0.39, 0.29) is 0 Å². The molecule has 2 heterocycles. The molecule has 1 nitrogen and oxygen atoms in total. The zero-order valence-corrected chi connectivity index (χ0v) is 17.3. The van der Waals surface area contributed by atoms with Crippen LogP contribution >= 0.6 is 22.6 Å². The van der Waals surface area contributed by atoms with Gasteiger partial charge in [0.1, 0.15) is 0 Å². The van der Waals surface area contributed by atoms with Crippen LogP contribution in [0.15, 0.2) is 66.2 Å². The van der Waals surface area contributed by atoms with E-state index >= 15 is 0 Å². The van der Waals surface area contributed by atoms with Crippen molar-refractivity contribution in [2.24, 2.45) is 0 Å². The first-order valence-electron chi connectivity index (χ1n) is 9.36. The number of hydrogen-bond acceptors (Lipinski definition) is 1. The van der Waals surface area contributed by atoms with Crippen LogP contribution in [0, 0.1) is 0 Å². The van der Waals surface area contributed by atoms with E-state index in [0.29, 0.717) is 0 Å². The molecule has 25 heavy (non-hydrogen) atoms. The molecule has 0 bridgehead atoms. The molecule has 2 saturated heterocycles. The summed E-state index contributed by atoms with van der Waals surface area (Å²) in [6, 6.07) is 22.7. The summed E-state index contributed by atoms with van der Waals surface area (Å²) in [4.78, 5) is 4.70. The molecule has 0 aromatic heterocycles. The molecule has 0 aliphatic carbocycles. The van der Waals surface area contributed by atoms with Crippen LogP contribution in [0.3, 0.4) is 0 Å². The number of piperidine rings is 2. The molecule has 2 aromatic rings. The highest BCUT2D eigenvalue weighted by Crippen LogP contribution is 2.35. The normalized spacial score (nSPS) is 20.2. The van der Waals surface area contributed by atoms with Crippen molar-refractivity contribution in [3.05, 3.63) is 77.4 Å². The third-order valence-corrected chi connectivity index (χ3v) is 5.40.